The first-order valence-corrected chi connectivity index (χ1v) is 8.23. The molecule has 1 aliphatic heterocycles. The minimum absolute atomic E-state index is 0.0425. The smallest absolute Gasteiger partial charge is 0.326 e. The van der Waals surface area contributed by atoms with Crippen molar-refractivity contribution in [3.05, 3.63) is 34.9 Å². The number of carboxylic acids is 1. The predicted molar refractivity (Wildman–Crippen MR) is 84.4 cm³/mol. The largest absolute Gasteiger partial charge is 0.480 e. The fourth-order valence-electron chi connectivity index (χ4n) is 3.58. The molecule has 1 amide bonds. The SMILES string of the molecule is O=C(CCC(=O)N1CCC[C@@H]1C(=O)O)c1ccc2c(c1)CCC2. The van der Waals surface area contributed by atoms with E-state index in [0.717, 1.165) is 19.3 Å². The lowest BCUT2D eigenvalue weighted by molar-refractivity contribution is -0.148. The Balaban J connectivity index is 1.58. The van der Waals surface area contributed by atoms with Crippen LogP contribution < -0.4 is 0 Å². The number of hydrogen-bond acceptors (Lipinski definition) is 3. The molecule has 1 N–H and O–H groups in total. The molecular weight excluding hydrogens is 294 g/mol. The second-order valence-electron chi connectivity index (χ2n) is 6.34. The lowest BCUT2D eigenvalue weighted by Gasteiger charge is -2.21. The van der Waals surface area contributed by atoms with Gasteiger partial charge in [0.2, 0.25) is 5.91 Å². The summed E-state index contributed by atoms with van der Waals surface area (Å²) in [5, 5.41) is 9.12. The van der Waals surface area contributed by atoms with E-state index in [9.17, 15) is 14.4 Å². The van der Waals surface area contributed by atoms with Crippen molar-refractivity contribution in [3.63, 3.8) is 0 Å². The second-order valence-corrected chi connectivity index (χ2v) is 6.34. The monoisotopic (exact) mass is 315 g/mol. The number of rotatable bonds is 5. The zero-order chi connectivity index (χ0) is 16.4. The summed E-state index contributed by atoms with van der Waals surface area (Å²) < 4.78 is 0. The maximum absolute atomic E-state index is 12.3. The van der Waals surface area contributed by atoms with Crippen LogP contribution in [0.3, 0.4) is 0 Å². The molecule has 1 saturated heterocycles. The van der Waals surface area contributed by atoms with Gasteiger partial charge in [0.15, 0.2) is 5.78 Å². The highest BCUT2D eigenvalue weighted by Gasteiger charge is 2.33. The number of hydrogen-bond donors (Lipinski definition) is 1. The Kier molecular flexibility index (Phi) is 4.46. The summed E-state index contributed by atoms with van der Waals surface area (Å²) in [7, 11) is 0. The molecule has 5 heteroatoms. The zero-order valence-corrected chi connectivity index (χ0v) is 13.1. The van der Waals surface area contributed by atoms with E-state index < -0.39 is 12.0 Å². The van der Waals surface area contributed by atoms with Gasteiger partial charge in [0.1, 0.15) is 6.04 Å². The van der Waals surface area contributed by atoms with Gasteiger partial charge < -0.3 is 10.0 Å². The Labute approximate surface area is 135 Å². The summed E-state index contributed by atoms with van der Waals surface area (Å²) >= 11 is 0. The van der Waals surface area contributed by atoms with E-state index in [0.29, 0.717) is 24.9 Å². The van der Waals surface area contributed by atoms with Gasteiger partial charge in [0.25, 0.3) is 0 Å². The van der Waals surface area contributed by atoms with Gasteiger partial charge >= 0.3 is 5.97 Å². The van der Waals surface area contributed by atoms with Crippen molar-refractivity contribution in [1.82, 2.24) is 4.90 Å². The first-order chi connectivity index (χ1) is 11.1. The molecule has 0 bridgehead atoms. The van der Waals surface area contributed by atoms with Crippen LogP contribution in [0.1, 0.15) is 53.6 Å². The third-order valence-corrected chi connectivity index (χ3v) is 4.84. The summed E-state index contributed by atoms with van der Waals surface area (Å²) in [6.07, 6.45) is 4.66. The molecule has 5 nitrogen and oxygen atoms in total. The highest BCUT2D eigenvalue weighted by atomic mass is 16.4. The number of aliphatic carboxylic acids is 1. The molecule has 0 spiro atoms. The van der Waals surface area contributed by atoms with Gasteiger partial charge in [-0.3, -0.25) is 9.59 Å². The van der Waals surface area contributed by atoms with Crippen LogP contribution in [-0.2, 0) is 22.4 Å². The van der Waals surface area contributed by atoms with Gasteiger partial charge in [-0.15, -0.1) is 0 Å². The Morgan fingerprint density at radius 2 is 1.87 bits per heavy atom. The maximum Gasteiger partial charge on any atom is 0.326 e. The van der Waals surface area contributed by atoms with Crippen molar-refractivity contribution in [3.8, 4) is 0 Å². The molecule has 1 fully saturated rings. The van der Waals surface area contributed by atoms with Crippen molar-refractivity contribution in [2.45, 2.75) is 51.0 Å². The van der Waals surface area contributed by atoms with Crippen molar-refractivity contribution >= 4 is 17.7 Å². The molecule has 1 heterocycles. The fourth-order valence-corrected chi connectivity index (χ4v) is 3.58. The van der Waals surface area contributed by atoms with Crippen LogP contribution >= 0.6 is 0 Å². The lowest BCUT2D eigenvalue weighted by atomic mass is 10.0. The van der Waals surface area contributed by atoms with Crippen LogP contribution in [0.15, 0.2) is 18.2 Å². The Bertz CT molecular complexity index is 652. The number of Topliss-reactive ketones (excluding diaryl/α,β-unsaturated/α-hetero) is 1. The number of nitrogens with zero attached hydrogens (tertiary/aromatic N) is 1. The van der Waals surface area contributed by atoms with Gasteiger partial charge in [-0.05, 0) is 49.3 Å². The van der Waals surface area contributed by atoms with Crippen molar-refractivity contribution in [2.75, 3.05) is 6.54 Å². The molecule has 2 aliphatic rings. The quantitative estimate of drug-likeness (QED) is 0.845. The molecule has 0 saturated carbocycles. The molecule has 1 aromatic rings. The maximum atomic E-state index is 12.3. The molecule has 1 aliphatic carbocycles. The Morgan fingerprint density at radius 3 is 2.65 bits per heavy atom. The number of benzene rings is 1. The predicted octanol–water partition coefficient (Wildman–Crippen LogP) is 2.21. The Hall–Kier alpha value is -2.17. The third kappa shape index (κ3) is 3.28. The first-order valence-electron chi connectivity index (χ1n) is 8.23. The number of aryl methyl sites for hydroxylation is 2. The molecule has 23 heavy (non-hydrogen) atoms. The van der Waals surface area contributed by atoms with E-state index >= 15 is 0 Å². The summed E-state index contributed by atoms with van der Waals surface area (Å²) in [5.41, 5.74) is 3.22. The number of carboxylic acid groups (broad SMARTS) is 1. The van der Waals surface area contributed by atoms with Crippen molar-refractivity contribution < 1.29 is 19.5 Å². The minimum atomic E-state index is -0.958. The molecule has 122 valence electrons. The molecule has 1 atom stereocenters. The van der Waals surface area contributed by atoms with Gasteiger partial charge in [-0.2, -0.15) is 0 Å². The molecular formula is C18H21NO4. The first kappa shape index (κ1) is 15.7. The topological polar surface area (TPSA) is 74.7 Å². The number of amides is 1. The van der Waals surface area contributed by atoms with Crippen LogP contribution in [0.5, 0.6) is 0 Å². The number of carbonyl (C=O) groups is 3. The summed E-state index contributed by atoms with van der Waals surface area (Å²) in [4.78, 5) is 37.0. The van der Waals surface area contributed by atoms with E-state index in [1.54, 1.807) is 0 Å². The van der Waals surface area contributed by atoms with Crippen LogP contribution in [0.25, 0.3) is 0 Å². The summed E-state index contributed by atoms with van der Waals surface area (Å²) in [6, 6.07) is 5.08. The average molecular weight is 315 g/mol. The Morgan fingerprint density at radius 1 is 1.09 bits per heavy atom. The highest BCUT2D eigenvalue weighted by Crippen LogP contribution is 2.24. The fraction of sp³-hybridized carbons (Fsp3) is 0.500. The molecule has 0 radical (unpaired) electrons. The van der Waals surface area contributed by atoms with Crippen LogP contribution in [0.4, 0.5) is 0 Å². The van der Waals surface area contributed by atoms with Crippen molar-refractivity contribution in [1.29, 1.82) is 0 Å². The van der Waals surface area contributed by atoms with E-state index in [-0.39, 0.29) is 24.5 Å². The van der Waals surface area contributed by atoms with E-state index in [2.05, 4.69) is 0 Å². The van der Waals surface area contributed by atoms with Gasteiger partial charge in [-0.1, -0.05) is 12.1 Å². The number of fused-ring (bicyclic) bond motifs is 1. The third-order valence-electron chi connectivity index (χ3n) is 4.84. The number of likely N-dealkylation sites (tertiary alicyclic amines) is 1. The summed E-state index contributed by atoms with van der Waals surface area (Å²) in [5.74, 6) is -1.23. The number of carbonyl (C=O) groups excluding carboxylic acids is 2. The minimum Gasteiger partial charge on any atom is -0.480 e. The molecule has 1 aromatic carbocycles. The normalized spacial score (nSPS) is 19.7. The van der Waals surface area contributed by atoms with Gasteiger partial charge in [0, 0.05) is 24.9 Å². The van der Waals surface area contributed by atoms with E-state index in [1.807, 2.05) is 18.2 Å². The van der Waals surface area contributed by atoms with E-state index in [4.69, 9.17) is 5.11 Å². The van der Waals surface area contributed by atoms with Crippen LogP contribution in [0, 0.1) is 0 Å². The molecule has 0 aromatic heterocycles. The number of ketones is 1. The van der Waals surface area contributed by atoms with Crippen molar-refractivity contribution in [2.24, 2.45) is 0 Å². The van der Waals surface area contributed by atoms with Crippen LogP contribution in [-0.4, -0.2) is 40.3 Å². The second kappa shape index (κ2) is 6.52. The van der Waals surface area contributed by atoms with Crippen LogP contribution in [0.2, 0.25) is 0 Å². The van der Waals surface area contributed by atoms with E-state index in [1.165, 1.54) is 16.0 Å². The average Bonchev–Trinajstić information content (AvgIpc) is 3.19. The summed E-state index contributed by atoms with van der Waals surface area (Å²) in [6.45, 7) is 0.475. The van der Waals surface area contributed by atoms with Gasteiger partial charge in [0.05, 0.1) is 0 Å². The van der Waals surface area contributed by atoms with Gasteiger partial charge in [-0.25, -0.2) is 4.79 Å². The standard InChI is InChI=1S/C18H21NO4/c20-16(14-7-6-12-3-1-4-13(12)11-14)8-9-17(21)19-10-2-5-15(19)18(22)23/h6-7,11,15H,1-5,8-10H2,(H,22,23)/t15-/m1/s1. The molecule has 0 unspecified atom stereocenters. The zero-order valence-electron chi connectivity index (χ0n) is 13.1. The highest BCUT2D eigenvalue weighted by molar-refractivity contribution is 5.98. The lowest BCUT2D eigenvalue weighted by Crippen LogP contribution is -2.40. The molecule has 3 rings (SSSR count).